The van der Waals surface area contributed by atoms with Gasteiger partial charge < -0.3 is 25.3 Å². The summed E-state index contributed by atoms with van der Waals surface area (Å²) in [4.78, 5) is 25.9. The van der Waals surface area contributed by atoms with Gasteiger partial charge in [-0.2, -0.15) is 5.26 Å². The first-order valence-corrected chi connectivity index (χ1v) is 7.67. The van der Waals surface area contributed by atoms with Gasteiger partial charge >= 0.3 is 5.97 Å². The van der Waals surface area contributed by atoms with E-state index >= 15 is 0 Å². The third-order valence-electron chi connectivity index (χ3n) is 4.05. The van der Waals surface area contributed by atoms with Crippen molar-refractivity contribution in [3.05, 3.63) is 41.7 Å². The molecule has 8 heteroatoms. The van der Waals surface area contributed by atoms with Crippen LogP contribution in [0.2, 0.25) is 0 Å². The molecule has 3 rings (SSSR count). The fourth-order valence-electron chi connectivity index (χ4n) is 2.81. The standard InChI is InChI=1S/C17H17N5O3/c1-25-17(24)16-15(19)11(8-18)10-22(16)13-4-2-3-12(7-13)21-6-5-20-9-14(21)23/h2-4,7,10,20H,5-6,9,19H2,1H3. The molecule has 3 N–H and O–H groups in total. The van der Waals surface area contributed by atoms with Gasteiger partial charge in [-0.3, -0.25) is 4.79 Å². The number of ether oxygens (including phenoxy) is 1. The van der Waals surface area contributed by atoms with E-state index in [1.165, 1.54) is 17.9 Å². The number of benzene rings is 1. The first-order chi connectivity index (χ1) is 12.1. The Morgan fingerprint density at radius 3 is 2.84 bits per heavy atom. The van der Waals surface area contributed by atoms with Crippen molar-refractivity contribution in [1.29, 1.82) is 5.26 Å². The number of carbonyl (C=O) groups excluding carboxylic acids is 2. The van der Waals surface area contributed by atoms with E-state index in [-0.39, 0.29) is 29.4 Å². The number of nitrogens with one attached hydrogen (secondary N) is 1. The molecule has 25 heavy (non-hydrogen) atoms. The highest BCUT2D eigenvalue weighted by Crippen LogP contribution is 2.27. The molecule has 1 aromatic heterocycles. The number of piperazine rings is 1. The summed E-state index contributed by atoms with van der Waals surface area (Å²) in [6.45, 7) is 1.55. The molecule has 1 amide bonds. The third-order valence-corrected chi connectivity index (χ3v) is 4.05. The van der Waals surface area contributed by atoms with Crippen molar-refractivity contribution in [2.75, 3.05) is 37.4 Å². The van der Waals surface area contributed by atoms with Gasteiger partial charge in [0.05, 0.1) is 24.9 Å². The van der Waals surface area contributed by atoms with Crippen LogP contribution in [0.1, 0.15) is 16.1 Å². The van der Waals surface area contributed by atoms with Crippen molar-refractivity contribution >= 4 is 23.3 Å². The van der Waals surface area contributed by atoms with Gasteiger partial charge in [0.15, 0.2) is 5.69 Å². The lowest BCUT2D eigenvalue weighted by Crippen LogP contribution is -2.48. The minimum Gasteiger partial charge on any atom is -0.464 e. The van der Waals surface area contributed by atoms with Gasteiger partial charge in [0.2, 0.25) is 5.91 Å². The molecule has 1 fully saturated rings. The van der Waals surface area contributed by atoms with Crippen LogP contribution in [-0.4, -0.2) is 43.2 Å². The normalized spacial score (nSPS) is 14.2. The van der Waals surface area contributed by atoms with E-state index in [1.807, 2.05) is 12.1 Å². The van der Waals surface area contributed by atoms with Gasteiger partial charge in [-0.25, -0.2) is 4.79 Å². The number of nitrogen functional groups attached to an aromatic ring is 1. The van der Waals surface area contributed by atoms with Crippen LogP contribution in [0.25, 0.3) is 5.69 Å². The summed E-state index contributed by atoms with van der Waals surface area (Å²) in [5.74, 6) is -0.663. The van der Waals surface area contributed by atoms with E-state index in [1.54, 1.807) is 23.1 Å². The topological polar surface area (TPSA) is 113 Å². The average Bonchev–Trinajstić information content (AvgIpc) is 2.98. The summed E-state index contributed by atoms with van der Waals surface area (Å²) in [7, 11) is 1.25. The van der Waals surface area contributed by atoms with Crippen LogP contribution >= 0.6 is 0 Å². The molecule has 0 bridgehead atoms. The Morgan fingerprint density at radius 1 is 1.40 bits per heavy atom. The van der Waals surface area contributed by atoms with E-state index in [0.717, 1.165) is 0 Å². The van der Waals surface area contributed by atoms with Crippen LogP contribution in [0.15, 0.2) is 30.5 Å². The summed E-state index contributed by atoms with van der Waals surface area (Å²) in [6, 6.07) is 9.11. The predicted octanol–water partition coefficient (Wildman–Crippen LogP) is 0.654. The predicted molar refractivity (Wildman–Crippen MR) is 91.5 cm³/mol. The fourth-order valence-corrected chi connectivity index (χ4v) is 2.81. The second-order valence-corrected chi connectivity index (χ2v) is 5.52. The zero-order valence-corrected chi connectivity index (χ0v) is 13.7. The smallest absolute Gasteiger partial charge is 0.357 e. The van der Waals surface area contributed by atoms with Crippen LogP contribution in [-0.2, 0) is 9.53 Å². The van der Waals surface area contributed by atoms with E-state index < -0.39 is 5.97 Å². The molecular formula is C17H17N5O3. The summed E-state index contributed by atoms with van der Waals surface area (Å²) < 4.78 is 6.29. The summed E-state index contributed by atoms with van der Waals surface area (Å²) in [6.07, 6.45) is 1.49. The largest absolute Gasteiger partial charge is 0.464 e. The van der Waals surface area contributed by atoms with Crippen molar-refractivity contribution in [2.45, 2.75) is 0 Å². The third kappa shape index (κ3) is 2.93. The number of rotatable bonds is 3. The monoisotopic (exact) mass is 339 g/mol. The number of anilines is 2. The molecule has 2 aromatic rings. The van der Waals surface area contributed by atoms with Gasteiger partial charge in [-0.15, -0.1) is 0 Å². The number of esters is 1. The Balaban J connectivity index is 2.09. The molecule has 0 spiro atoms. The van der Waals surface area contributed by atoms with E-state index in [9.17, 15) is 14.9 Å². The Morgan fingerprint density at radius 2 is 2.16 bits per heavy atom. The maximum Gasteiger partial charge on any atom is 0.357 e. The molecule has 1 aliphatic heterocycles. The molecule has 128 valence electrons. The van der Waals surface area contributed by atoms with Crippen LogP contribution in [0.5, 0.6) is 0 Å². The van der Waals surface area contributed by atoms with Crippen LogP contribution in [0.3, 0.4) is 0 Å². The summed E-state index contributed by atoms with van der Waals surface area (Å²) in [5.41, 5.74) is 7.57. The molecule has 0 radical (unpaired) electrons. The lowest BCUT2D eigenvalue weighted by molar-refractivity contribution is -0.118. The molecule has 8 nitrogen and oxygen atoms in total. The van der Waals surface area contributed by atoms with Crippen molar-refractivity contribution in [2.24, 2.45) is 0 Å². The zero-order valence-electron chi connectivity index (χ0n) is 13.7. The molecular weight excluding hydrogens is 322 g/mol. The maximum atomic E-state index is 12.1. The van der Waals surface area contributed by atoms with Crippen molar-refractivity contribution in [1.82, 2.24) is 9.88 Å². The lowest BCUT2D eigenvalue weighted by Gasteiger charge is -2.27. The number of aromatic nitrogens is 1. The summed E-state index contributed by atoms with van der Waals surface area (Å²) >= 11 is 0. The second kappa shape index (κ2) is 6.67. The Labute approximate surface area is 144 Å². The molecule has 1 aromatic carbocycles. The SMILES string of the molecule is COC(=O)c1c(N)c(C#N)cn1-c1cccc(N2CCNCC2=O)c1. The molecule has 0 unspecified atom stereocenters. The fraction of sp³-hybridized carbons (Fsp3) is 0.235. The average molecular weight is 339 g/mol. The number of amides is 1. The van der Waals surface area contributed by atoms with E-state index in [0.29, 0.717) is 24.5 Å². The van der Waals surface area contributed by atoms with Gasteiger partial charge in [0.25, 0.3) is 0 Å². The van der Waals surface area contributed by atoms with Crippen LogP contribution < -0.4 is 16.0 Å². The number of hydrogen-bond donors (Lipinski definition) is 2. The summed E-state index contributed by atoms with van der Waals surface area (Å²) in [5, 5.41) is 12.2. The van der Waals surface area contributed by atoms with Crippen molar-refractivity contribution in [3.8, 4) is 11.8 Å². The van der Waals surface area contributed by atoms with E-state index in [4.69, 9.17) is 10.5 Å². The number of carbonyl (C=O) groups is 2. The van der Waals surface area contributed by atoms with Gasteiger partial charge in [0, 0.05) is 30.7 Å². The highest BCUT2D eigenvalue weighted by atomic mass is 16.5. The molecule has 0 saturated carbocycles. The highest BCUT2D eigenvalue weighted by Gasteiger charge is 2.23. The Bertz CT molecular complexity index is 881. The minimum absolute atomic E-state index is 0.0266. The van der Waals surface area contributed by atoms with Crippen molar-refractivity contribution < 1.29 is 14.3 Å². The molecule has 0 aliphatic carbocycles. The molecule has 0 atom stereocenters. The first kappa shape index (κ1) is 16.5. The van der Waals surface area contributed by atoms with Gasteiger partial charge in [0.1, 0.15) is 6.07 Å². The van der Waals surface area contributed by atoms with Crippen molar-refractivity contribution in [3.63, 3.8) is 0 Å². The number of hydrogen-bond acceptors (Lipinski definition) is 6. The molecule has 1 aliphatic rings. The maximum absolute atomic E-state index is 12.1. The number of nitrogens with zero attached hydrogens (tertiary/aromatic N) is 3. The Kier molecular flexibility index (Phi) is 4.41. The number of methoxy groups -OCH3 is 1. The Hall–Kier alpha value is -3.31. The highest BCUT2D eigenvalue weighted by molar-refractivity contribution is 5.97. The first-order valence-electron chi connectivity index (χ1n) is 7.67. The second-order valence-electron chi connectivity index (χ2n) is 5.52. The minimum atomic E-state index is -0.636. The quantitative estimate of drug-likeness (QED) is 0.794. The number of nitriles is 1. The van der Waals surface area contributed by atoms with E-state index in [2.05, 4.69) is 5.32 Å². The van der Waals surface area contributed by atoms with Crippen LogP contribution in [0.4, 0.5) is 11.4 Å². The van der Waals surface area contributed by atoms with Crippen LogP contribution in [0, 0.1) is 11.3 Å². The molecule has 1 saturated heterocycles. The van der Waals surface area contributed by atoms with Gasteiger partial charge in [-0.05, 0) is 18.2 Å². The van der Waals surface area contributed by atoms with Gasteiger partial charge in [-0.1, -0.05) is 6.07 Å². The number of nitrogens with two attached hydrogens (primary N) is 1. The molecule has 2 heterocycles. The zero-order chi connectivity index (χ0) is 18.0. The lowest BCUT2D eigenvalue weighted by atomic mass is 10.2.